The van der Waals surface area contributed by atoms with E-state index in [1.54, 1.807) is 10.9 Å². The number of aryl methyl sites for hydroxylation is 3. The van der Waals surface area contributed by atoms with Crippen molar-refractivity contribution in [3.05, 3.63) is 47.9 Å². The summed E-state index contributed by atoms with van der Waals surface area (Å²) in [7, 11) is 1.87. The van der Waals surface area contributed by atoms with E-state index in [-0.39, 0.29) is 0 Å². The maximum absolute atomic E-state index is 5.76. The Bertz CT molecular complexity index is 872. The maximum Gasteiger partial charge on any atom is 0.227 e. The molecule has 0 saturated heterocycles. The number of nitrogens with zero attached hydrogens (tertiary/aromatic N) is 4. The molecule has 25 heavy (non-hydrogen) atoms. The van der Waals surface area contributed by atoms with Crippen molar-refractivity contribution in [2.24, 2.45) is 7.05 Å². The molecule has 1 aromatic carbocycles. The Kier molecular flexibility index (Phi) is 4.97. The summed E-state index contributed by atoms with van der Waals surface area (Å²) in [5.41, 5.74) is 4.95. The van der Waals surface area contributed by atoms with E-state index in [1.807, 2.05) is 38.5 Å². The van der Waals surface area contributed by atoms with Crippen molar-refractivity contribution >= 4 is 11.6 Å². The predicted molar refractivity (Wildman–Crippen MR) is 99.2 cm³/mol. The Balaban J connectivity index is 1.88. The Hall–Kier alpha value is -2.89. The first kappa shape index (κ1) is 17.0. The molecule has 0 amide bonds. The van der Waals surface area contributed by atoms with E-state index in [2.05, 4.69) is 40.3 Å². The van der Waals surface area contributed by atoms with Gasteiger partial charge in [-0.2, -0.15) is 5.10 Å². The van der Waals surface area contributed by atoms with Crippen LogP contribution in [0.2, 0.25) is 0 Å². The van der Waals surface area contributed by atoms with Gasteiger partial charge in [0.1, 0.15) is 5.75 Å². The highest BCUT2D eigenvalue weighted by Gasteiger charge is 2.10. The molecule has 2 heterocycles. The maximum atomic E-state index is 5.76. The third-order valence-corrected chi connectivity index (χ3v) is 3.84. The number of hydrogen-bond acceptors (Lipinski definition) is 5. The van der Waals surface area contributed by atoms with E-state index in [1.165, 1.54) is 0 Å². The standard InChI is InChI=1S/C19H23N5O/c1-5-8-25-17-7-6-15(9-13(17)2)18-14(3)10-20-19(23-18)22-16-11-21-24(4)12-16/h6-7,9-12H,5,8H2,1-4H3,(H,20,22,23). The lowest BCUT2D eigenvalue weighted by Gasteiger charge is -2.12. The van der Waals surface area contributed by atoms with Crippen molar-refractivity contribution < 1.29 is 4.74 Å². The van der Waals surface area contributed by atoms with Crippen molar-refractivity contribution in [3.8, 4) is 17.0 Å². The van der Waals surface area contributed by atoms with Crippen molar-refractivity contribution in [3.63, 3.8) is 0 Å². The van der Waals surface area contributed by atoms with E-state index in [0.717, 1.165) is 46.8 Å². The van der Waals surface area contributed by atoms with Crippen LogP contribution in [0.4, 0.5) is 11.6 Å². The number of aromatic nitrogens is 4. The topological polar surface area (TPSA) is 64.9 Å². The van der Waals surface area contributed by atoms with Crippen molar-refractivity contribution in [2.75, 3.05) is 11.9 Å². The van der Waals surface area contributed by atoms with Gasteiger partial charge < -0.3 is 10.1 Å². The molecule has 0 aliphatic rings. The molecule has 0 saturated carbocycles. The van der Waals surface area contributed by atoms with Crippen LogP contribution in [0.3, 0.4) is 0 Å². The van der Waals surface area contributed by atoms with E-state index in [0.29, 0.717) is 5.95 Å². The van der Waals surface area contributed by atoms with Crippen LogP contribution >= 0.6 is 0 Å². The molecule has 0 atom stereocenters. The van der Waals surface area contributed by atoms with Gasteiger partial charge in [0.05, 0.1) is 24.2 Å². The summed E-state index contributed by atoms with van der Waals surface area (Å²) in [6.45, 7) is 6.90. The average Bonchev–Trinajstić information content (AvgIpc) is 3.00. The summed E-state index contributed by atoms with van der Waals surface area (Å²) in [5, 5.41) is 7.33. The summed E-state index contributed by atoms with van der Waals surface area (Å²) >= 11 is 0. The lowest BCUT2D eigenvalue weighted by atomic mass is 10.0. The van der Waals surface area contributed by atoms with Gasteiger partial charge in [0.25, 0.3) is 0 Å². The van der Waals surface area contributed by atoms with Gasteiger partial charge in [0.2, 0.25) is 5.95 Å². The lowest BCUT2D eigenvalue weighted by Crippen LogP contribution is -2.00. The monoisotopic (exact) mass is 337 g/mol. The highest BCUT2D eigenvalue weighted by Crippen LogP contribution is 2.28. The van der Waals surface area contributed by atoms with E-state index >= 15 is 0 Å². The van der Waals surface area contributed by atoms with Gasteiger partial charge in [-0.25, -0.2) is 9.97 Å². The van der Waals surface area contributed by atoms with Gasteiger partial charge in [-0.15, -0.1) is 0 Å². The molecular weight excluding hydrogens is 314 g/mol. The first-order chi connectivity index (χ1) is 12.1. The molecular formula is C19H23N5O. The molecule has 6 heteroatoms. The number of benzene rings is 1. The highest BCUT2D eigenvalue weighted by molar-refractivity contribution is 5.66. The van der Waals surface area contributed by atoms with Gasteiger partial charge in [0, 0.05) is 25.0 Å². The first-order valence-corrected chi connectivity index (χ1v) is 8.40. The molecule has 2 aromatic heterocycles. The first-order valence-electron chi connectivity index (χ1n) is 8.40. The molecule has 130 valence electrons. The Morgan fingerprint density at radius 1 is 1.16 bits per heavy atom. The number of rotatable bonds is 6. The Labute approximate surface area is 147 Å². The fourth-order valence-corrected chi connectivity index (χ4v) is 2.58. The van der Waals surface area contributed by atoms with E-state index < -0.39 is 0 Å². The molecule has 3 aromatic rings. The molecule has 6 nitrogen and oxygen atoms in total. The minimum absolute atomic E-state index is 0.553. The van der Waals surface area contributed by atoms with Crippen LogP contribution < -0.4 is 10.1 Å². The Morgan fingerprint density at radius 2 is 2.00 bits per heavy atom. The average molecular weight is 337 g/mol. The van der Waals surface area contributed by atoms with E-state index in [4.69, 9.17) is 4.74 Å². The van der Waals surface area contributed by atoms with Gasteiger partial charge in [-0.1, -0.05) is 6.92 Å². The van der Waals surface area contributed by atoms with E-state index in [9.17, 15) is 0 Å². The van der Waals surface area contributed by atoms with Crippen LogP contribution in [0.5, 0.6) is 5.75 Å². The lowest BCUT2D eigenvalue weighted by molar-refractivity contribution is 0.315. The van der Waals surface area contributed by atoms with Crippen molar-refractivity contribution in [2.45, 2.75) is 27.2 Å². The Morgan fingerprint density at radius 3 is 2.68 bits per heavy atom. The zero-order valence-electron chi connectivity index (χ0n) is 15.1. The van der Waals surface area contributed by atoms with Crippen LogP contribution in [0.25, 0.3) is 11.3 Å². The quantitative estimate of drug-likeness (QED) is 0.736. The fraction of sp³-hybridized carbons (Fsp3) is 0.316. The van der Waals surface area contributed by atoms with Gasteiger partial charge in [-0.3, -0.25) is 4.68 Å². The fourth-order valence-electron chi connectivity index (χ4n) is 2.58. The summed E-state index contributed by atoms with van der Waals surface area (Å²) in [6.07, 6.45) is 6.45. The predicted octanol–water partition coefficient (Wildman–Crippen LogP) is 4.03. The smallest absolute Gasteiger partial charge is 0.227 e. The van der Waals surface area contributed by atoms with Crippen molar-refractivity contribution in [1.82, 2.24) is 19.7 Å². The molecule has 1 N–H and O–H groups in total. The number of hydrogen-bond donors (Lipinski definition) is 1. The second-order valence-corrected chi connectivity index (χ2v) is 6.08. The molecule has 0 fully saturated rings. The minimum atomic E-state index is 0.553. The molecule has 3 rings (SSSR count). The SMILES string of the molecule is CCCOc1ccc(-c2nc(Nc3cnn(C)c3)ncc2C)cc1C. The van der Waals surface area contributed by atoms with Crippen LogP contribution in [0, 0.1) is 13.8 Å². The number of ether oxygens (including phenoxy) is 1. The van der Waals surface area contributed by atoms with Crippen LogP contribution in [0.15, 0.2) is 36.8 Å². The van der Waals surface area contributed by atoms with Gasteiger partial charge >= 0.3 is 0 Å². The van der Waals surface area contributed by atoms with Gasteiger partial charge in [0.15, 0.2) is 0 Å². The number of nitrogens with one attached hydrogen (secondary N) is 1. The molecule has 0 bridgehead atoms. The van der Waals surface area contributed by atoms with Crippen LogP contribution in [-0.4, -0.2) is 26.4 Å². The second kappa shape index (κ2) is 7.34. The molecule has 0 unspecified atom stereocenters. The summed E-state index contributed by atoms with van der Waals surface area (Å²) in [4.78, 5) is 9.05. The molecule has 0 aliphatic heterocycles. The normalized spacial score (nSPS) is 10.7. The molecule has 0 radical (unpaired) electrons. The summed E-state index contributed by atoms with van der Waals surface area (Å²) in [6, 6.07) is 6.16. The summed E-state index contributed by atoms with van der Waals surface area (Å²) in [5.74, 6) is 1.48. The zero-order valence-corrected chi connectivity index (χ0v) is 15.1. The van der Waals surface area contributed by atoms with Crippen LogP contribution in [0.1, 0.15) is 24.5 Å². The minimum Gasteiger partial charge on any atom is -0.493 e. The van der Waals surface area contributed by atoms with Gasteiger partial charge in [-0.05, 0) is 49.6 Å². The second-order valence-electron chi connectivity index (χ2n) is 6.08. The third-order valence-electron chi connectivity index (χ3n) is 3.84. The highest BCUT2D eigenvalue weighted by atomic mass is 16.5. The summed E-state index contributed by atoms with van der Waals surface area (Å²) < 4.78 is 7.49. The van der Waals surface area contributed by atoms with Crippen molar-refractivity contribution in [1.29, 1.82) is 0 Å². The molecule has 0 aliphatic carbocycles. The third kappa shape index (κ3) is 3.96. The number of anilines is 2. The van der Waals surface area contributed by atoms with Crippen LogP contribution in [-0.2, 0) is 7.05 Å². The zero-order chi connectivity index (χ0) is 17.8. The largest absolute Gasteiger partial charge is 0.493 e. The molecule has 0 spiro atoms.